The summed E-state index contributed by atoms with van der Waals surface area (Å²) in [7, 11) is -7.32. The van der Waals surface area contributed by atoms with Crippen molar-refractivity contribution in [2.24, 2.45) is 0 Å². The predicted octanol–water partition coefficient (Wildman–Crippen LogP) is 4.04. The Morgan fingerprint density at radius 1 is 0.476 bits per heavy atom. The van der Waals surface area contributed by atoms with Crippen molar-refractivity contribution >= 4 is 20.0 Å². The lowest BCUT2D eigenvalue weighted by Crippen LogP contribution is -2.52. The van der Waals surface area contributed by atoms with Gasteiger partial charge in [-0.1, -0.05) is 97.1 Å². The number of nitrogens with one attached hydrogen (secondary N) is 2. The van der Waals surface area contributed by atoms with E-state index >= 15 is 0 Å². The Hall–Kier alpha value is -3.38. The first-order chi connectivity index (χ1) is 20.3. The molecule has 2 atom stereocenters. The number of piperazine rings is 1. The molecule has 1 fully saturated rings. The van der Waals surface area contributed by atoms with Gasteiger partial charge < -0.3 is 0 Å². The van der Waals surface area contributed by atoms with Crippen LogP contribution >= 0.6 is 0 Å². The van der Waals surface area contributed by atoms with Crippen LogP contribution in [-0.4, -0.2) is 65.9 Å². The van der Waals surface area contributed by atoms with E-state index in [4.69, 9.17) is 0 Å². The third kappa shape index (κ3) is 7.52. The van der Waals surface area contributed by atoms with Crippen LogP contribution in [0.5, 0.6) is 0 Å². The molecule has 1 aliphatic heterocycles. The molecule has 0 spiro atoms. The molecule has 1 aliphatic rings. The predicted molar refractivity (Wildman–Crippen MR) is 165 cm³/mol. The van der Waals surface area contributed by atoms with Crippen molar-refractivity contribution in [1.29, 1.82) is 0 Å². The Balaban J connectivity index is 1.30. The molecule has 2 N–H and O–H groups in total. The molecule has 220 valence electrons. The smallest absolute Gasteiger partial charge is 0.240 e. The number of benzene rings is 4. The molecular formula is C32H36N4O4S2. The van der Waals surface area contributed by atoms with Crippen molar-refractivity contribution in [2.45, 2.75) is 21.9 Å². The summed E-state index contributed by atoms with van der Waals surface area (Å²) in [5.41, 5.74) is 2.08. The highest BCUT2D eigenvalue weighted by molar-refractivity contribution is 7.89. The Bertz CT molecular complexity index is 1490. The maximum atomic E-state index is 13.0. The zero-order chi connectivity index (χ0) is 29.4. The van der Waals surface area contributed by atoms with Crippen molar-refractivity contribution in [1.82, 2.24) is 19.2 Å². The topological polar surface area (TPSA) is 98.8 Å². The SMILES string of the molecule is O=S(=O)(NCC(c1ccccc1)N1CCN(C(CNS(=O)(=O)c2ccccc2)c2ccccc2)CC1)c1ccccc1. The first-order valence-corrected chi connectivity index (χ1v) is 17.0. The van der Waals surface area contributed by atoms with Crippen LogP contribution in [0.4, 0.5) is 0 Å². The van der Waals surface area contributed by atoms with Crippen molar-refractivity contribution in [3.8, 4) is 0 Å². The van der Waals surface area contributed by atoms with Crippen LogP contribution in [-0.2, 0) is 20.0 Å². The molecule has 4 aromatic rings. The molecule has 0 aliphatic carbocycles. The molecule has 0 aromatic heterocycles. The highest BCUT2D eigenvalue weighted by Crippen LogP contribution is 2.27. The molecule has 0 bridgehead atoms. The summed E-state index contributed by atoms with van der Waals surface area (Å²) >= 11 is 0. The summed E-state index contributed by atoms with van der Waals surface area (Å²) in [6.07, 6.45) is 0. The van der Waals surface area contributed by atoms with Gasteiger partial charge in [0.1, 0.15) is 0 Å². The van der Waals surface area contributed by atoms with Crippen LogP contribution < -0.4 is 9.44 Å². The minimum atomic E-state index is -3.66. The van der Waals surface area contributed by atoms with Crippen LogP contribution in [0.3, 0.4) is 0 Å². The summed E-state index contributed by atoms with van der Waals surface area (Å²) < 4.78 is 57.7. The summed E-state index contributed by atoms with van der Waals surface area (Å²) in [4.78, 5) is 5.08. The molecule has 0 amide bonds. The third-order valence-corrected chi connectivity index (χ3v) is 10.5. The molecule has 4 aromatic carbocycles. The number of rotatable bonds is 12. The molecule has 0 saturated carbocycles. The van der Waals surface area contributed by atoms with Gasteiger partial charge in [0.05, 0.1) is 9.79 Å². The van der Waals surface area contributed by atoms with E-state index in [1.807, 2.05) is 60.7 Å². The fourth-order valence-corrected chi connectivity index (χ4v) is 7.49. The minimum Gasteiger partial charge on any atom is -0.292 e. The van der Waals surface area contributed by atoms with Gasteiger partial charge >= 0.3 is 0 Å². The second-order valence-electron chi connectivity index (χ2n) is 10.3. The number of hydrogen-bond acceptors (Lipinski definition) is 6. The molecule has 8 nitrogen and oxygen atoms in total. The quantitative estimate of drug-likeness (QED) is 0.253. The van der Waals surface area contributed by atoms with Gasteiger partial charge in [-0.25, -0.2) is 26.3 Å². The average Bonchev–Trinajstić information content (AvgIpc) is 3.04. The van der Waals surface area contributed by atoms with Crippen LogP contribution in [0.15, 0.2) is 131 Å². The lowest BCUT2D eigenvalue weighted by molar-refractivity contribution is 0.0703. The lowest BCUT2D eigenvalue weighted by Gasteiger charge is -2.42. The normalized spacial score (nSPS) is 16.6. The zero-order valence-electron chi connectivity index (χ0n) is 23.3. The molecule has 5 rings (SSSR count). The highest BCUT2D eigenvalue weighted by atomic mass is 32.2. The van der Waals surface area contributed by atoms with Gasteiger partial charge in [0.25, 0.3) is 0 Å². The minimum absolute atomic E-state index is 0.154. The van der Waals surface area contributed by atoms with E-state index in [0.717, 1.165) is 11.1 Å². The molecule has 10 heteroatoms. The summed E-state index contributed by atoms with van der Waals surface area (Å²) in [5.74, 6) is 0. The summed E-state index contributed by atoms with van der Waals surface area (Å²) in [6.45, 7) is 3.26. The number of sulfonamides is 2. The molecular weight excluding hydrogens is 569 g/mol. The number of hydrogen-bond donors (Lipinski definition) is 2. The van der Waals surface area contributed by atoms with E-state index in [1.165, 1.54) is 0 Å². The van der Waals surface area contributed by atoms with Gasteiger partial charge in [-0.2, -0.15) is 0 Å². The first-order valence-electron chi connectivity index (χ1n) is 14.0. The van der Waals surface area contributed by atoms with Crippen LogP contribution in [0, 0.1) is 0 Å². The first kappa shape index (κ1) is 30.1. The van der Waals surface area contributed by atoms with Gasteiger partial charge in [0.15, 0.2) is 0 Å². The Labute approximate surface area is 249 Å². The molecule has 42 heavy (non-hydrogen) atoms. The van der Waals surface area contributed by atoms with E-state index < -0.39 is 20.0 Å². The van der Waals surface area contributed by atoms with Crippen LogP contribution in [0.2, 0.25) is 0 Å². The maximum Gasteiger partial charge on any atom is 0.240 e. The third-order valence-electron chi connectivity index (χ3n) is 7.64. The fraction of sp³-hybridized carbons (Fsp3) is 0.250. The van der Waals surface area contributed by atoms with Crippen molar-refractivity contribution in [3.63, 3.8) is 0 Å². The van der Waals surface area contributed by atoms with E-state index in [9.17, 15) is 16.8 Å². The number of nitrogens with zero attached hydrogens (tertiary/aromatic N) is 2. The van der Waals surface area contributed by atoms with Crippen LogP contribution in [0.1, 0.15) is 23.2 Å². The Morgan fingerprint density at radius 2 is 0.762 bits per heavy atom. The van der Waals surface area contributed by atoms with Gasteiger partial charge in [0, 0.05) is 51.4 Å². The van der Waals surface area contributed by atoms with Crippen molar-refractivity contribution in [3.05, 3.63) is 132 Å². The van der Waals surface area contributed by atoms with E-state index in [-0.39, 0.29) is 35.0 Å². The van der Waals surface area contributed by atoms with Crippen molar-refractivity contribution in [2.75, 3.05) is 39.3 Å². The Kier molecular flexibility index (Phi) is 9.84. The van der Waals surface area contributed by atoms with E-state index in [0.29, 0.717) is 26.2 Å². The highest BCUT2D eigenvalue weighted by Gasteiger charge is 2.31. The monoisotopic (exact) mass is 604 g/mol. The van der Waals surface area contributed by atoms with Gasteiger partial charge in [-0.05, 0) is 35.4 Å². The fourth-order valence-electron chi connectivity index (χ4n) is 5.37. The largest absolute Gasteiger partial charge is 0.292 e. The van der Waals surface area contributed by atoms with Crippen LogP contribution in [0.25, 0.3) is 0 Å². The summed E-state index contributed by atoms with van der Waals surface area (Å²) in [6, 6.07) is 36.4. The van der Waals surface area contributed by atoms with Gasteiger partial charge in [-0.3, -0.25) is 9.80 Å². The second kappa shape index (κ2) is 13.7. The molecule has 1 saturated heterocycles. The van der Waals surface area contributed by atoms with Gasteiger partial charge in [-0.15, -0.1) is 0 Å². The average molecular weight is 605 g/mol. The lowest BCUT2D eigenvalue weighted by atomic mass is 10.0. The molecule has 1 heterocycles. The zero-order valence-corrected chi connectivity index (χ0v) is 24.9. The van der Waals surface area contributed by atoms with E-state index in [1.54, 1.807) is 60.7 Å². The summed E-state index contributed by atoms with van der Waals surface area (Å²) in [5, 5.41) is 0. The Morgan fingerprint density at radius 3 is 1.07 bits per heavy atom. The van der Waals surface area contributed by atoms with Crippen molar-refractivity contribution < 1.29 is 16.8 Å². The van der Waals surface area contributed by atoms with E-state index in [2.05, 4.69) is 19.2 Å². The standard InChI is InChI=1S/C32H36N4O4S2/c37-41(38,29-17-9-3-10-18-29)33-25-31(27-13-5-1-6-14-27)35-21-23-36(24-22-35)32(28-15-7-2-8-16-28)26-34-42(39,40)30-19-11-4-12-20-30/h1-20,31-34H,21-26H2. The van der Waals surface area contributed by atoms with Gasteiger partial charge in [0.2, 0.25) is 20.0 Å². The molecule has 0 radical (unpaired) electrons. The maximum absolute atomic E-state index is 13.0. The molecule has 2 unspecified atom stereocenters. The second-order valence-corrected chi connectivity index (χ2v) is 13.8.